The Kier molecular flexibility index (Phi) is 19.1. The van der Waals surface area contributed by atoms with Gasteiger partial charge in [-0.1, -0.05) is 66.5 Å². The molecule has 0 saturated carbocycles. The first-order valence-corrected chi connectivity index (χ1v) is 21.3. The lowest BCUT2D eigenvalue weighted by Crippen LogP contribution is -2.59. The quantitative estimate of drug-likeness (QED) is 0.0930. The number of ether oxygens (including phenoxy) is 2. The highest BCUT2D eigenvalue weighted by atomic mass is 32.1. The number of carbonyl (C=O) groups excluding carboxylic acids is 6. The van der Waals surface area contributed by atoms with E-state index >= 15 is 0 Å². The average Bonchev–Trinajstić information content (AvgIpc) is 3.67. The summed E-state index contributed by atoms with van der Waals surface area (Å²) >= 11 is 1.12. The topological polar surface area (TPSA) is 211 Å². The maximum absolute atomic E-state index is 14.8. The summed E-state index contributed by atoms with van der Waals surface area (Å²) in [6.07, 6.45) is 3.55. The summed E-state index contributed by atoms with van der Waals surface area (Å²) in [6.45, 7) is 12.8. The van der Waals surface area contributed by atoms with Crippen molar-refractivity contribution in [2.75, 3.05) is 20.3 Å². The lowest BCUT2D eigenvalue weighted by atomic mass is 9.92. The standard InChI is InChI=1S/C42H64N6O9S/c1-9-13-36(51)56-24-48(42(55)37(26(5)10-2)46-40(54)33-14-11-12-19-47(33)8)34(25(3)4)22-35(57-28(7)49)41-45-32(23-58-41)39(53)44-30(20-27(6)38(43)52)21-29-15-17-31(50)18-16-29/h15-18,23,25-27,30,33-35,37,50H,9-14,19-22,24H2,1-8H3,(H2,43,52)(H,44,53)(H,46,54)/t26?,27-,30+,33+,34+,35?,37-/m0/s1. The first-order chi connectivity index (χ1) is 27.4. The van der Waals surface area contributed by atoms with E-state index in [2.05, 4.69) is 15.6 Å². The van der Waals surface area contributed by atoms with Crippen molar-refractivity contribution < 1.29 is 43.3 Å². The molecule has 7 atom stereocenters. The van der Waals surface area contributed by atoms with E-state index < -0.39 is 59.8 Å². The van der Waals surface area contributed by atoms with Crippen LogP contribution in [0.4, 0.5) is 0 Å². The molecule has 2 unspecified atom stereocenters. The minimum Gasteiger partial charge on any atom is -0.508 e. The van der Waals surface area contributed by atoms with Gasteiger partial charge < -0.3 is 35.8 Å². The number of amides is 4. The molecule has 1 saturated heterocycles. The molecule has 1 aliphatic heterocycles. The predicted octanol–water partition coefficient (Wildman–Crippen LogP) is 4.86. The fourth-order valence-electron chi connectivity index (χ4n) is 7.09. The zero-order valence-electron chi connectivity index (χ0n) is 35.3. The third-order valence-corrected chi connectivity index (χ3v) is 11.7. The summed E-state index contributed by atoms with van der Waals surface area (Å²) in [6, 6.07) is 4.07. The number of aromatic hydroxyl groups is 1. The molecule has 1 aromatic carbocycles. The number of benzene rings is 1. The minimum absolute atomic E-state index is 0.0506. The maximum Gasteiger partial charge on any atom is 0.307 e. The molecule has 4 amide bonds. The van der Waals surface area contributed by atoms with Crippen molar-refractivity contribution in [2.45, 2.75) is 137 Å². The van der Waals surface area contributed by atoms with Crippen molar-refractivity contribution in [2.24, 2.45) is 23.5 Å². The molecule has 2 aromatic rings. The molecular formula is C42H64N6O9S. The molecule has 0 radical (unpaired) electrons. The summed E-state index contributed by atoms with van der Waals surface area (Å²) < 4.78 is 11.5. The highest BCUT2D eigenvalue weighted by Crippen LogP contribution is 2.32. The van der Waals surface area contributed by atoms with Crippen LogP contribution in [0.5, 0.6) is 5.75 Å². The monoisotopic (exact) mass is 828 g/mol. The maximum atomic E-state index is 14.8. The molecule has 5 N–H and O–H groups in total. The molecule has 1 aromatic heterocycles. The van der Waals surface area contributed by atoms with E-state index in [0.29, 0.717) is 30.7 Å². The Morgan fingerprint density at radius 3 is 2.31 bits per heavy atom. The Labute approximate surface area is 346 Å². The predicted molar refractivity (Wildman–Crippen MR) is 220 cm³/mol. The van der Waals surface area contributed by atoms with Crippen molar-refractivity contribution in [1.29, 1.82) is 0 Å². The van der Waals surface area contributed by atoms with Gasteiger partial charge in [0.15, 0.2) is 12.8 Å². The Morgan fingerprint density at radius 1 is 1.03 bits per heavy atom. The number of hydrogen-bond acceptors (Lipinski definition) is 12. The van der Waals surface area contributed by atoms with E-state index in [-0.39, 0.29) is 61.2 Å². The van der Waals surface area contributed by atoms with E-state index in [9.17, 15) is 33.9 Å². The molecule has 2 heterocycles. The van der Waals surface area contributed by atoms with Gasteiger partial charge in [0.25, 0.3) is 5.91 Å². The van der Waals surface area contributed by atoms with Crippen molar-refractivity contribution in [1.82, 2.24) is 25.4 Å². The molecule has 15 nitrogen and oxygen atoms in total. The van der Waals surface area contributed by atoms with Crippen LogP contribution in [-0.2, 0) is 39.9 Å². The highest BCUT2D eigenvalue weighted by molar-refractivity contribution is 7.09. The van der Waals surface area contributed by atoms with Crippen LogP contribution in [0, 0.1) is 17.8 Å². The number of likely N-dealkylation sites (N-methyl/N-ethyl adjacent to an activating group) is 1. The molecule has 16 heteroatoms. The fourth-order valence-corrected chi connectivity index (χ4v) is 7.93. The second-order valence-electron chi connectivity index (χ2n) is 15.9. The fraction of sp³-hybridized carbons (Fsp3) is 0.643. The average molecular weight is 829 g/mol. The minimum atomic E-state index is -0.992. The van der Waals surface area contributed by atoms with Crippen LogP contribution in [0.1, 0.15) is 127 Å². The van der Waals surface area contributed by atoms with E-state index in [4.69, 9.17) is 15.2 Å². The third-order valence-electron chi connectivity index (χ3n) is 10.8. The molecular weight excluding hydrogens is 765 g/mol. The number of esters is 2. The van der Waals surface area contributed by atoms with Crippen LogP contribution in [-0.4, -0.2) is 99.9 Å². The number of likely N-dealkylation sites (tertiary alicyclic amines) is 1. The van der Waals surface area contributed by atoms with Crippen LogP contribution in [0.3, 0.4) is 0 Å². The van der Waals surface area contributed by atoms with E-state index in [1.165, 1.54) is 11.8 Å². The summed E-state index contributed by atoms with van der Waals surface area (Å²) in [5.74, 6) is -3.70. The van der Waals surface area contributed by atoms with Gasteiger partial charge >= 0.3 is 11.9 Å². The number of carbonyl (C=O) groups is 6. The summed E-state index contributed by atoms with van der Waals surface area (Å²) in [7, 11) is 1.90. The molecule has 322 valence electrons. The molecule has 0 aliphatic carbocycles. The van der Waals surface area contributed by atoms with E-state index in [1.54, 1.807) is 36.6 Å². The molecule has 0 bridgehead atoms. The third kappa shape index (κ3) is 14.4. The van der Waals surface area contributed by atoms with Crippen molar-refractivity contribution in [3.05, 3.63) is 45.9 Å². The molecule has 58 heavy (non-hydrogen) atoms. The molecule has 1 aliphatic rings. The van der Waals surface area contributed by atoms with Crippen LogP contribution < -0.4 is 16.4 Å². The van der Waals surface area contributed by atoms with Gasteiger partial charge in [0.1, 0.15) is 22.5 Å². The summed E-state index contributed by atoms with van der Waals surface area (Å²) in [5.41, 5.74) is 6.44. The lowest BCUT2D eigenvalue weighted by molar-refractivity contribution is -0.160. The van der Waals surface area contributed by atoms with Crippen molar-refractivity contribution in [3.8, 4) is 5.75 Å². The van der Waals surface area contributed by atoms with E-state index in [0.717, 1.165) is 36.3 Å². The number of thiazole rings is 1. The van der Waals surface area contributed by atoms with Gasteiger partial charge in [-0.15, -0.1) is 11.3 Å². The number of aromatic nitrogens is 1. The van der Waals surface area contributed by atoms with Gasteiger partial charge in [-0.3, -0.25) is 33.7 Å². The number of phenols is 1. The Morgan fingerprint density at radius 2 is 1.72 bits per heavy atom. The number of rotatable bonds is 22. The number of nitrogens with two attached hydrogens (primary N) is 1. The normalized spacial score (nSPS) is 17.6. The SMILES string of the molecule is CCCC(=O)OCN(C(=O)[C@@H](NC(=O)[C@H]1CCCCN1C)C(C)CC)[C@H](CC(OC(C)=O)c1nc(C(=O)N[C@@H](Cc2ccc(O)cc2)C[C@H](C)C(N)=O)cs1)C(C)C. The Bertz CT molecular complexity index is 1680. The largest absolute Gasteiger partial charge is 0.508 e. The van der Waals surface area contributed by atoms with Gasteiger partial charge in [-0.25, -0.2) is 4.98 Å². The zero-order chi connectivity index (χ0) is 43.1. The smallest absolute Gasteiger partial charge is 0.307 e. The molecule has 3 rings (SSSR count). The number of nitrogens with one attached hydrogen (secondary N) is 2. The molecule has 0 spiro atoms. The number of primary amides is 1. The first-order valence-electron chi connectivity index (χ1n) is 20.4. The lowest BCUT2D eigenvalue weighted by Gasteiger charge is -2.39. The van der Waals surface area contributed by atoms with Gasteiger partial charge in [-0.05, 0) is 75.2 Å². The second-order valence-corrected chi connectivity index (χ2v) is 16.8. The van der Waals surface area contributed by atoms with Crippen LogP contribution in [0.25, 0.3) is 0 Å². The van der Waals surface area contributed by atoms with Crippen LogP contribution in [0.2, 0.25) is 0 Å². The van der Waals surface area contributed by atoms with Crippen LogP contribution >= 0.6 is 11.3 Å². The van der Waals surface area contributed by atoms with Gasteiger partial charge in [0.05, 0.1) is 6.04 Å². The summed E-state index contributed by atoms with van der Waals surface area (Å²) in [5, 5.41) is 17.6. The second kappa shape index (κ2) is 23.1. The number of hydrogen-bond donors (Lipinski definition) is 4. The van der Waals surface area contributed by atoms with Gasteiger partial charge in [-0.2, -0.15) is 0 Å². The summed E-state index contributed by atoms with van der Waals surface area (Å²) in [4.78, 5) is 87.4. The number of nitrogens with zero attached hydrogens (tertiary/aromatic N) is 3. The Hall–Kier alpha value is -4.57. The number of phenolic OH excluding ortho intramolecular Hbond substituents is 1. The number of piperidine rings is 1. The molecule has 1 fully saturated rings. The Balaban J connectivity index is 1.95. The highest BCUT2D eigenvalue weighted by Gasteiger charge is 2.39. The van der Waals surface area contributed by atoms with Crippen molar-refractivity contribution >= 4 is 46.9 Å². The van der Waals surface area contributed by atoms with E-state index in [1.807, 2.05) is 46.6 Å². The first kappa shape index (κ1) is 47.8. The van der Waals surface area contributed by atoms with Gasteiger partial charge in [0.2, 0.25) is 17.7 Å². The van der Waals surface area contributed by atoms with Gasteiger partial charge in [0, 0.05) is 43.1 Å². The van der Waals surface area contributed by atoms with Crippen molar-refractivity contribution in [3.63, 3.8) is 0 Å². The zero-order valence-corrected chi connectivity index (χ0v) is 36.1. The van der Waals surface area contributed by atoms with Crippen LogP contribution in [0.15, 0.2) is 29.6 Å².